The standard InChI is InChI=1S/C25H20Cl3N3O2/c1-2-33-21-13-15(14-29)3-12-20(21)25(24(28)32)30-22(16-4-8-18(26)9-5-16)23(31-25)17-6-10-19(27)11-7-17/h3-13,22-23,30-31H,2H2,1H3. The Morgan fingerprint density at radius 3 is 1.91 bits per heavy atom. The van der Waals surface area contributed by atoms with Crippen LogP contribution in [0.25, 0.3) is 0 Å². The highest BCUT2D eigenvalue weighted by Gasteiger charge is 2.52. The van der Waals surface area contributed by atoms with E-state index < -0.39 is 10.9 Å². The van der Waals surface area contributed by atoms with Crippen LogP contribution in [0.5, 0.6) is 5.75 Å². The van der Waals surface area contributed by atoms with Gasteiger partial charge in [0.05, 0.1) is 30.3 Å². The van der Waals surface area contributed by atoms with Crippen LogP contribution in [0.1, 0.15) is 41.3 Å². The van der Waals surface area contributed by atoms with Crippen LogP contribution in [-0.2, 0) is 10.5 Å². The predicted octanol–water partition coefficient (Wildman–Crippen LogP) is 5.86. The summed E-state index contributed by atoms with van der Waals surface area (Å²) in [6, 6.07) is 21.2. The van der Waals surface area contributed by atoms with Crippen LogP contribution in [0.15, 0.2) is 66.7 Å². The van der Waals surface area contributed by atoms with Crippen molar-refractivity contribution in [1.82, 2.24) is 10.6 Å². The van der Waals surface area contributed by atoms with Gasteiger partial charge in [-0.3, -0.25) is 15.4 Å². The number of hydrogen-bond acceptors (Lipinski definition) is 5. The molecule has 0 bridgehead atoms. The second-order valence-electron chi connectivity index (χ2n) is 7.63. The largest absolute Gasteiger partial charge is 0.493 e. The molecule has 0 aliphatic carbocycles. The average molecular weight is 501 g/mol. The SMILES string of the molecule is CCOc1cc(C#N)ccc1C1(C(=O)Cl)NC(c2ccc(Cl)cc2)C(c2ccc(Cl)cc2)N1. The van der Waals surface area contributed by atoms with Gasteiger partial charge in [-0.2, -0.15) is 5.26 Å². The monoisotopic (exact) mass is 499 g/mol. The molecule has 1 saturated heterocycles. The van der Waals surface area contributed by atoms with Crippen molar-refractivity contribution in [3.8, 4) is 11.8 Å². The summed E-state index contributed by atoms with van der Waals surface area (Å²) in [5, 5.41) is 16.8. The highest BCUT2D eigenvalue weighted by molar-refractivity contribution is 6.65. The van der Waals surface area contributed by atoms with E-state index in [1.807, 2.05) is 31.2 Å². The van der Waals surface area contributed by atoms with E-state index in [1.54, 1.807) is 42.5 Å². The number of ether oxygens (including phenoxy) is 1. The number of nitrogens with zero attached hydrogens (tertiary/aromatic N) is 1. The van der Waals surface area contributed by atoms with Gasteiger partial charge in [0, 0.05) is 15.6 Å². The van der Waals surface area contributed by atoms with E-state index in [0.717, 1.165) is 11.1 Å². The van der Waals surface area contributed by atoms with Gasteiger partial charge in [0.1, 0.15) is 5.75 Å². The number of benzene rings is 3. The van der Waals surface area contributed by atoms with Gasteiger partial charge < -0.3 is 4.74 Å². The molecular weight excluding hydrogens is 481 g/mol. The Morgan fingerprint density at radius 2 is 1.48 bits per heavy atom. The molecule has 1 aliphatic rings. The summed E-state index contributed by atoms with van der Waals surface area (Å²) in [6.45, 7) is 2.19. The molecule has 2 atom stereocenters. The fourth-order valence-electron chi connectivity index (χ4n) is 4.12. The zero-order valence-corrected chi connectivity index (χ0v) is 19.9. The van der Waals surface area contributed by atoms with Crippen molar-refractivity contribution < 1.29 is 9.53 Å². The second kappa shape index (κ2) is 9.72. The number of rotatable bonds is 6. The Hall–Kier alpha value is -2.59. The molecule has 8 heteroatoms. The Morgan fingerprint density at radius 1 is 0.970 bits per heavy atom. The number of carbonyl (C=O) groups is 1. The van der Waals surface area contributed by atoms with Crippen LogP contribution in [-0.4, -0.2) is 11.8 Å². The Balaban J connectivity index is 1.88. The molecule has 3 aromatic carbocycles. The van der Waals surface area contributed by atoms with Crippen LogP contribution in [0.2, 0.25) is 10.0 Å². The molecule has 2 unspecified atom stereocenters. The summed E-state index contributed by atoms with van der Waals surface area (Å²) in [7, 11) is 0. The predicted molar refractivity (Wildman–Crippen MR) is 130 cm³/mol. The van der Waals surface area contributed by atoms with Crippen molar-refractivity contribution in [2.45, 2.75) is 24.7 Å². The van der Waals surface area contributed by atoms with E-state index in [2.05, 4.69) is 16.7 Å². The summed E-state index contributed by atoms with van der Waals surface area (Å²) in [5.74, 6) is 0.400. The minimum atomic E-state index is -1.46. The molecule has 0 aromatic heterocycles. The molecule has 168 valence electrons. The van der Waals surface area contributed by atoms with Crippen LogP contribution in [0, 0.1) is 11.3 Å². The normalized spacial score (nSPS) is 22.0. The first kappa shape index (κ1) is 23.6. The first-order valence-electron chi connectivity index (χ1n) is 10.3. The summed E-state index contributed by atoms with van der Waals surface area (Å²) in [6.07, 6.45) is 0. The third-order valence-electron chi connectivity index (χ3n) is 5.64. The fourth-order valence-corrected chi connectivity index (χ4v) is 4.58. The van der Waals surface area contributed by atoms with Crippen LogP contribution in [0.4, 0.5) is 0 Å². The van der Waals surface area contributed by atoms with Crippen molar-refractivity contribution in [3.05, 3.63) is 99.0 Å². The quantitative estimate of drug-likeness (QED) is 0.415. The molecule has 2 N–H and O–H groups in total. The smallest absolute Gasteiger partial charge is 0.261 e. The lowest BCUT2D eigenvalue weighted by Crippen LogP contribution is -2.51. The Kier molecular flexibility index (Phi) is 6.94. The lowest BCUT2D eigenvalue weighted by atomic mass is 9.95. The van der Waals surface area contributed by atoms with Crippen molar-refractivity contribution in [2.24, 2.45) is 0 Å². The number of carbonyl (C=O) groups excluding carboxylic acids is 1. The van der Waals surface area contributed by atoms with E-state index in [9.17, 15) is 10.1 Å². The van der Waals surface area contributed by atoms with Crippen molar-refractivity contribution in [2.75, 3.05) is 6.61 Å². The van der Waals surface area contributed by atoms with Gasteiger partial charge >= 0.3 is 0 Å². The van der Waals surface area contributed by atoms with E-state index in [-0.39, 0.29) is 12.1 Å². The lowest BCUT2D eigenvalue weighted by Gasteiger charge is -2.29. The highest BCUT2D eigenvalue weighted by atomic mass is 35.5. The summed E-state index contributed by atoms with van der Waals surface area (Å²) in [4.78, 5) is 13.0. The topological polar surface area (TPSA) is 74.1 Å². The average Bonchev–Trinajstić information content (AvgIpc) is 3.22. The van der Waals surface area contributed by atoms with Gasteiger partial charge in [-0.15, -0.1) is 0 Å². The van der Waals surface area contributed by atoms with E-state index >= 15 is 0 Å². The van der Waals surface area contributed by atoms with Gasteiger partial charge in [-0.1, -0.05) is 53.5 Å². The van der Waals surface area contributed by atoms with Gasteiger partial charge in [0.15, 0.2) is 5.66 Å². The van der Waals surface area contributed by atoms with Crippen molar-refractivity contribution in [1.29, 1.82) is 5.26 Å². The molecule has 1 aliphatic heterocycles. The van der Waals surface area contributed by atoms with Gasteiger partial charge in [-0.05, 0) is 66.0 Å². The molecule has 1 fully saturated rings. The van der Waals surface area contributed by atoms with E-state index in [0.29, 0.717) is 33.5 Å². The lowest BCUT2D eigenvalue weighted by molar-refractivity contribution is -0.118. The summed E-state index contributed by atoms with van der Waals surface area (Å²) < 4.78 is 5.80. The van der Waals surface area contributed by atoms with E-state index in [4.69, 9.17) is 39.5 Å². The van der Waals surface area contributed by atoms with Gasteiger partial charge in [0.2, 0.25) is 0 Å². The molecule has 0 amide bonds. The van der Waals surface area contributed by atoms with Crippen LogP contribution >= 0.6 is 34.8 Å². The number of nitriles is 1. The Bertz CT molecular complexity index is 1150. The zero-order valence-electron chi connectivity index (χ0n) is 17.6. The van der Waals surface area contributed by atoms with Crippen molar-refractivity contribution in [3.63, 3.8) is 0 Å². The van der Waals surface area contributed by atoms with Gasteiger partial charge in [0.25, 0.3) is 5.24 Å². The zero-order chi connectivity index (χ0) is 23.6. The molecule has 33 heavy (non-hydrogen) atoms. The first-order chi connectivity index (χ1) is 15.9. The maximum Gasteiger partial charge on any atom is 0.261 e. The van der Waals surface area contributed by atoms with Crippen LogP contribution in [0.3, 0.4) is 0 Å². The number of nitrogens with one attached hydrogen (secondary N) is 2. The summed E-state index contributed by atoms with van der Waals surface area (Å²) >= 11 is 18.5. The molecular formula is C25H20Cl3N3O2. The minimum Gasteiger partial charge on any atom is -0.493 e. The third-order valence-corrected chi connectivity index (χ3v) is 6.43. The third kappa shape index (κ3) is 4.59. The minimum absolute atomic E-state index is 0.337. The molecule has 5 nitrogen and oxygen atoms in total. The highest BCUT2D eigenvalue weighted by Crippen LogP contribution is 2.44. The number of halogens is 3. The van der Waals surface area contributed by atoms with E-state index in [1.165, 1.54) is 0 Å². The first-order valence-corrected chi connectivity index (χ1v) is 11.4. The molecule has 0 radical (unpaired) electrons. The maximum atomic E-state index is 13.0. The van der Waals surface area contributed by atoms with Crippen molar-refractivity contribution >= 4 is 40.0 Å². The molecule has 4 rings (SSSR count). The van der Waals surface area contributed by atoms with Gasteiger partial charge in [-0.25, -0.2) is 0 Å². The summed E-state index contributed by atoms with van der Waals surface area (Å²) in [5.41, 5.74) is 1.28. The molecule has 1 heterocycles. The van der Waals surface area contributed by atoms with Crippen LogP contribution < -0.4 is 15.4 Å². The fraction of sp³-hybridized carbons (Fsp3) is 0.200. The number of hydrogen-bond donors (Lipinski definition) is 2. The molecule has 0 spiro atoms. The Labute approximate surface area is 207 Å². The molecule has 0 saturated carbocycles. The second-order valence-corrected chi connectivity index (χ2v) is 8.84. The molecule has 3 aromatic rings. The maximum absolute atomic E-state index is 13.0.